The van der Waals surface area contributed by atoms with Crippen molar-refractivity contribution >= 4 is 23.7 Å². The van der Waals surface area contributed by atoms with Gasteiger partial charge in [-0.05, 0) is 40.8 Å². The lowest BCUT2D eigenvalue weighted by Crippen LogP contribution is -2.62. The monoisotopic (exact) mass is 410 g/mol. The Labute approximate surface area is 172 Å². The predicted octanol–water partition coefficient (Wildman–Crippen LogP) is 1.32. The van der Waals surface area contributed by atoms with Crippen LogP contribution in [0.4, 0.5) is 4.79 Å². The second-order valence-electron chi connectivity index (χ2n) is 8.16. The summed E-state index contributed by atoms with van der Waals surface area (Å²) in [4.78, 5) is 56.2. The van der Waals surface area contributed by atoms with E-state index in [1.165, 1.54) is 0 Å². The summed E-state index contributed by atoms with van der Waals surface area (Å²) in [5, 5.41) is 3.07. The van der Waals surface area contributed by atoms with Crippen molar-refractivity contribution in [3.8, 4) is 0 Å². The summed E-state index contributed by atoms with van der Waals surface area (Å²) in [6.45, 7) is 5.59. The van der Waals surface area contributed by atoms with Crippen molar-refractivity contribution in [2.45, 2.75) is 76.9 Å². The van der Waals surface area contributed by atoms with Gasteiger partial charge < -0.3 is 10.2 Å². The number of hydrogen-bond donors (Lipinski definition) is 1. The molecule has 0 aromatic rings. The molecule has 0 spiro atoms. The Morgan fingerprint density at radius 2 is 1.66 bits per heavy atom. The number of nitrogens with one attached hydrogen (secondary N) is 1. The van der Waals surface area contributed by atoms with Crippen molar-refractivity contribution in [1.29, 1.82) is 0 Å². The molecule has 0 aromatic carbocycles. The molecule has 164 valence electrons. The molecule has 0 radical (unpaired) electrons. The number of likely N-dealkylation sites (N-methyl/N-ethyl adjacent to an activating group) is 2. The van der Waals surface area contributed by atoms with E-state index in [4.69, 9.17) is 4.84 Å². The predicted molar refractivity (Wildman–Crippen MR) is 107 cm³/mol. The average Bonchev–Trinajstić information content (AvgIpc) is 2.97. The fourth-order valence-electron chi connectivity index (χ4n) is 4.06. The zero-order chi connectivity index (χ0) is 21.6. The van der Waals surface area contributed by atoms with Crippen molar-refractivity contribution in [2.75, 3.05) is 27.2 Å². The molecular weight excluding hydrogens is 376 g/mol. The summed E-state index contributed by atoms with van der Waals surface area (Å²) in [6.07, 6.45) is 3.28. The molecule has 2 rings (SSSR count). The molecular formula is C20H34N4O5. The summed E-state index contributed by atoms with van der Waals surface area (Å²) in [6, 6.07) is 0.601. The summed E-state index contributed by atoms with van der Waals surface area (Å²) in [7, 11) is 4.10. The normalized spacial score (nSPS) is 26.1. The van der Waals surface area contributed by atoms with E-state index in [-0.39, 0.29) is 24.9 Å². The third-order valence-electron chi connectivity index (χ3n) is 5.95. The van der Waals surface area contributed by atoms with Crippen LogP contribution in [0.25, 0.3) is 0 Å². The first kappa shape index (κ1) is 23.3. The first-order chi connectivity index (χ1) is 13.7. The quantitative estimate of drug-likeness (QED) is 0.452. The molecule has 2 aliphatic rings. The first-order valence-corrected chi connectivity index (χ1v) is 10.5. The Kier molecular flexibility index (Phi) is 8.58. The maximum atomic E-state index is 12.7. The van der Waals surface area contributed by atoms with E-state index < -0.39 is 17.9 Å². The molecule has 2 heterocycles. The third kappa shape index (κ3) is 6.24. The number of amides is 3. The number of imide groups is 1. The number of rotatable bonds is 9. The fraction of sp³-hybridized carbons (Fsp3) is 0.800. The Morgan fingerprint density at radius 1 is 1.03 bits per heavy atom. The number of piperazine rings is 1. The zero-order valence-electron chi connectivity index (χ0n) is 18.0. The van der Waals surface area contributed by atoms with Crippen LogP contribution in [-0.2, 0) is 19.2 Å². The van der Waals surface area contributed by atoms with Crippen molar-refractivity contribution in [2.24, 2.45) is 0 Å². The van der Waals surface area contributed by atoms with Gasteiger partial charge in [-0.3, -0.25) is 24.2 Å². The smallest absolute Gasteiger partial charge is 0.320 e. The van der Waals surface area contributed by atoms with E-state index >= 15 is 0 Å². The van der Waals surface area contributed by atoms with Gasteiger partial charge in [0.2, 0.25) is 0 Å². The molecule has 2 fully saturated rings. The lowest BCUT2D eigenvalue weighted by molar-refractivity contribution is -0.171. The molecule has 0 aliphatic carbocycles. The second kappa shape index (κ2) is 10.7. The van der Waals surface area contributed by atoms with Crippen LogP contribution in [0, 0.1) is 0 Å². The second-order valence-corrected chi connectivity index (χ2v) is 8.16. The molecule has 3 unspecified atom stereocenters. The van der Waals surface area contributed by atoms with Gasteiger partial charge in [0, 0.05) is 44.4 Å². The Bertz CT molecular complexity index is 610. The SMILES string of the molecule is CC1CN(C)C(C(=O)CCCCCCNC(=O)ON2C(=O)CCC2=O)C(C)N1C. The minimum absolute atomic E-state index is 0.0522. The first-order valence-electron chi connectivity index (χ1n) is 10.5. The van der Waals surface area contributed by atoms with E-state index in [1.807, 2.05) is 7.05 Å². The number of nitrogens with zero attached hydrogens (tertiary/aromatic N) is 3. The van der Waals surface area contributed by atoms with Gasteiger partial charge >= 0.3 is 6.09 Å². The maximum absolute atomic E-state index is 12.7. The van der Waals surface area contributed by atoms with Gasteiger partial charge in [0.15, 0.2) is 5.78 Å². The minimum Gasteiger partial charge on any atom is -0.320 e. The number of unbranched alkanes of at least 4 members (excludes halogenated alkanes) is 3. The summed E-state index contributed by atoms with van der Waals surface area (Å²) < 4.78 is 0. The fourth-order valence-corrected chi connectivity index (χ4v) is 4.06. The van der Waals surface area contributed by atoms with Crippen LogP contribution in [0.5, 0.6) is 0 Å². The number of Topliss-reactive ketones (excluding diaryl/α,β-unsaturated/α-hetero) is 1. The molecule has 3 atom stereocenters. The maximum Gasteiger partial charge on any atom is 0.432 e. The largest absolute Gasteiger partial charge is 0.432 e. The zero-order valence-corrected chi connectivity index (χ0v) is 18.0. The molecule has 29 heavy (non-hydrogen) atoms. The van der Waals surface area contributed by atoms with Crippen LogP contribution in [0.15, 0.2) is 0 Å². The van der Waals surface area contributed by atoms with Crippen LogP contribution in [0.3, 0.4) is 0 Å². The Hall–Kier alpha value is -2.00. The van der Waals surface area contributed by atoms with Gasteiger partial charge in [-0.25, -0.2) is 4.79 Å². The highest BCUT2D eigenvalue weighted by Gasteiger charge is 2.37. The minimum atomic E-state index is -0.795. The number of carbonyl (C=O) groups is 4. The van der Waals surface area contributed by atoms with Gasteiger partial charge in [-0.2, -0.15) is 0 Å². The van der Waals surface area contributed by atoms with E-state index in [9.17, 15) is 19.2 Å². The number of hydrogen-bond acceptors (Lipinski definition) is 7. The van der Waals surface area contributed by atoms with Gasteiger partial charge in [-0.15, -0.1) is 5.06 Å². The molecule has 2 saturated heterocycles. The van der Waals surface area contributed by atoms with Crippen molar-refractivity contribution in [3.05, 3.63) is 0 Å². The highest BCUT2D eigenvalue weighted by atomic mass is 16.7. The summed E-state index contributed by atoms with van der Waals surface area (Å²) in [5.74, 6) is -0.692. The lowest BCUT2D eigenvalue weighted by Gasteiger charge is -2.46. The molecule has 9 nitrogen and oxygen atoms in total. The average molecular weight is 411 g/mol. The van der Waals surface area contributed by atoms with Crippen LogP contribution in [0.1, 0.15) is 58.8 Å². The van der Waals surface area contributed by atoms with Gasteiger partial charge in [-0.1, -0.05) is 12.8 Å². The molecule has 0 bridgehead atoms. The number of carbonyl (C=O) groups excluding carboxylic acids is 4. The third-order valence-corrected chi connectivity index (χ3v) is 5.95. The standard InChI is InChI=1S/C20H34N4O5/c1-14-13-22(3)19(15(2)23(14)4)16(25)9-7-5-6-8-12-21-20(28)29-24-17(26)10-11-18(24)27/h14-15,19H,5-13H2,1-4H3,(H,21,28). The van der Waals surface area contributed by atoms with E-state index in [0.717, 1.165) is 32.2 Å². The molecule has 1 N–H and O–H groups in total. The topological polar surface area (TPSA) is 99.3 Å². The highest BCUT2D eigenvalue weighted by Crippen LogP contribution is 2.21. The van der Waals surface area contributed by atoms with Crippen LogP contribution >= 0.6 is 0 Å². The van der Waals surface area contributed by atoms with Gasteiger partial charge in [0.25, 0.3) is 11.8 Å². The lowest BCUT2D eigenvalue weighted by atomic mass is 9.94. The van der Waals surface area contributed by atoms with Crippen LogP contribution in [-0.4, -0.2) is 83.9 Å². The number of hydroxylamine groups is 2. The van der Waals surface area contributed by atoms with Gasteiger partial charge in [0.1, 0.15) is 0 Å². The van der Waals surface area contributed by atoms with E-state index in [0.29, 0.717) is 29.9 Å². The van der Waals surface area contributed by atoms with Crippen molar-refractivity contribution in [1.82, 2.24) is 20.2 Å². The van der Waals surface area contributed by atoms with E-state index in [2.05, 4.69) is 36.0 Å². The van der Waals surface area contributed by atoms with Crippen LogP contribution < -0.4 is 5.32 Å². The Morgan fingerprint density at radius 3 is 2.31 bits per heavy atom. The Balaban J connectivity index is 1.56. The summed E-state index contributed by atoms with van der Waals surface area (Å²) in [5.41, 5.74) is 0. The molecule has 2 aliphatic heterocycles. The van der Waals surface area contributed by atoms with Crippen LogP contribution in [0.2, 0.25) is 0 Å². The molecule has 3 amide bonds. The molecule has 0 saturated carbocycles. The molecule has 0 aromatic heterocycles. The van der Waals surface area contributed by atoms with Crippen molar-refractivity contribution < 1.29 is 24.0 Å². The summed E-state index contributed by atoms with van der Waals surface area (Å²) >= 11 is 0. The van der Waals surface area contributed by atoms with E-state index in [1.54, 1.807) is 0 Å². The van der Waals surface area contributed by atoms with Gasteiger partial charge in [0.05, 0.1) is 6.04 Å². The molecule has 9 heteroatoms. The number of ketones is 1. The van der Waals surface area contributed by atoms with Crippen molar-refractivity contribution in [3.63, 3.8) is 0 Å². The highest BCUT2D eigenvalue weighted by molar-refractivity contribution is 6.01.